The number of fused-ring (bicyclic) bond motifs is 1. The molecule has 1 aliphatic heterocycles. The van der Waals surface area contributed by atoms with Crippen LogP contribution in [0.25, 0.3) is 11.0 Å². The minimum Gasteiger partial charge on any atom is -0.491 e. The molecule has 25 heavy (non-hydrogen) atoms. The topological polar surface area (TPSA) is 70.2 Å². The largest absolute Gasteiger partial charge is 0.491 e. The van der Waals surface area contributed by atoms with Crippen LogP contribution in [0.15, 0.2) is 42.7 Å². The number of urea groups is 1. The van der Waals surface area contributed by atoms with Crippen LogP contribution in [0.1, 0.15) is 18.5 Å². The van der Waals surface area contributed by atoms with Gasteiger partial charge in [0.15, 0.2) is 11.6 Å². The molecule has 2 N–H and O–H groups in total. The number of amides is 2. The lowest BCUT2D eigenvalue weighted by Gasteiger charge is -2.24. The maximum absolute atomic E-state index is 14.2. The molecule has 6 nitrogen and oxygen atoms in total. The van der Waals surface area contributed by atoms with Crippen molar-refractivity contribution < 1.29 is 13.9 Å². The van der Waals surface area contributed by atoms with Crippen molar-refractivity contribution >= 4 is 22.8 Å². The van der Waals surface area contributed by atoms with Crippen LogP contribution >= 0.6 is 0 Å². The maximum atomic E-state index is 14.2. The third-order valence-corrected chi connectivity index (χ3v) is 4.30. The number of ether oxygens (including phenoxy) is 1. The van der Waals surface area contributed by atoms with E-state index < -0.39 is 5.82 Å². The average molecular weight is 340 g/mol. The van der Waals surface area contributed by atoms with E-state index in [-0.39, 0.29) is 17.8 Å². The third kappa shape index (κ3) is 2.67. The number of aromatic nitrogens is 2. The summed E-state index contributed by atoms with van der Waals surface area (Å²) in [4.78, 5) is 21.2. The number of carbonyl (C=O) groups is 1. The van der Waals surface area contributed by atoms with Crippen LogP contribution in [0, 0.1) is 5.82 Å². The predicted molar refractivity (Wildman–Crippen MR) is 92.3 cm³/mol. The van der Waals surface area contributed by atoms with Crippen LogP contribution in [0.5, 0.6) is 5.75 Å². The highest BCUT2D eigenvalue weighted by molar-refractivity contribution is 5.97. The molecule has 2 amide bonds. The molecule has 1 fully saturated rings. The zero-order valence-electron chi connectivity index (χ0n) is 13.6. The first-order valence-corrected chi connectivity index (χ1v) is 8.10. The molecule has 1 unspecified atom stereocenters. The molecule has 7 heteroatoms. The van der Waals surface area contributed by atoms with Crippen molar-refractivity contribution in [3.8, 4) is 5.75 Å². The second-order valence-electron chi connectivity index (χ2n) is 5.80. The van der Waals surface area contributed by atoms with Crippen molar-refractivity contribution in [2.45, 2.75) is 13.0 Å². The number of nitrogens with one attached hydrogen (secondary N) is 2. The zero-order valence-corrected chi connectivity index (χ0v) is 13.6. The second-order valence-corrected chi connectivity index (χ2v) is 5.80. The number of anilines is 1. The summed E-state index contributed by atoms with van der Waals surface area (Å²) in [5.74, 6) is -0.211. The number of halogens is 1. The molecule has 1 saturated heterocycles. The van der Waals surface area contributed by atoms with Crippen LogP contribution in [0.4, 0.5) is 14.9 Å². The van der Waals surface area contributed by atoms with E-state index in [9.17, 15) is 9.18 Å². The highest BCUT2D eigenvalue weighted by Crippen LogP contribution is 2.33. The summed E-state index contributed by atoms with van der Waals surface area (Å²) in [7, 11) is 0. The van der Waals surface area contributed by atoms with Crippen LogP contribution in [-0.4, -0.2) is 29.2 Å². The zero-order chi connectivity index (χ0) is 17.4. The number of benzene rings is 2. The standard InChI is InChI=1S/C18H17FN4O2/c1-2-25-17-6-3-11(7-13(17)19)16-9-20-18(24)23(16)12-4-5-14-15(8-12)22-10-21-14/h3-8,10,16H,2,9H2,1H3,(H,20,24)(H,21,22). The van der Waals surface area contributed by atoms with Gasteiger partial charge < -0.3 is 15.0 Å². The summed E-state index contributed by atoms with van der Waals surface area (Å²) >= 11 is 0. The number of hydrogen-bond acceptors (Lipinski definition) is 3. The molecule has 0 bridgehead atoms. The first kappa shape index (κ1) is 15.4. The number of H-pyrrole nitrogens is 1. The number of imidazole rings is 1. The lowest BCUT2D eigenvalue weighted by molar-refractivity contribution is 0.251. The van der Waals surface area contributed by atoms with Crippen molar-refractivity contribution in [1.82, 2.24) is 15.3 Å². The van der Waals surface area contributed by atoms with Gasteiger partial charge in [0.2, 0.25) is 0 Å². The summed E-state index contributed by atoms with van der Waals surface area (Å²) < 4.78 is 19.5. The molecular formula is C18H17FN4O2. The van der Waals surface area contributed by atoms with Crippen LogP contribution in [0.3, 0.4) is 0 Å². The quantitative estimate of drug-likeness (QED) is 0.765. The van der Waals surface area contributed by atoms with E-state index in [4.69, 9.17) is 4.74 Å². The Balaban J connectivity index is 1.71. The van der Waals surface area contributed by atoms with Gasteiger partial charge in [0.1, 0.15) is 0 Å². The summed E-state index contributed by atoms with van der Waals surface area (Å²) in [6.07, 6.45) is 1.61. The van der Waals surface area contributed by atoms with Crippen LogP contribution in [0.2, 0.25) is 0 Å². The van der Waals surface area contributed by atoms with Gasteiger partial charge in [-0.1, -0.05) is 6.07 Å². The SMILES string of the molecule is CCOc1ccc(C2CNC(=O)N2c2ccc3nc[nH]c3c2)cc1F. The molecule has 1 aliphatic rings. The first-order chi connectivity index (χ1) is 12.2. The Bertz CT molecular complexity index is 940. The Hall–Kier alpha value is -3.09. The van der Waals surface area contributed by atoms with E-state index >= 15 is 0 Å². The van der Waals surface area contributed by atoms with Gasteiger partial charge >= 0.3 is 6.03 Å². The molecule has 128 valence electrons. The van der Waals surface area contributed by atoms with Gasteiger partial charge in [-0.3, -0.25) is 4.90 Å². The molecule has 2 heterocycles. The minimum atomic E-state index is -0.428. The fourth-order valence-corrected chi connectivity index (χ4v) is 3.14. The molecule has 4 rings (SSSR count). The third-order valence-electron chi connectivity index (χ3n) is 4.30. The summed E-state index contributed by atoms with van der Waals surface area (Å²) in [5.41, 5.74) is 3.11. The Kier molecular flexibility index (Phi) is 3.76. The molecule has 0 saturated carbocycles. The molecule has 2 aromatic carbocycles. The Labute approximate surface area is 143 Å². The highest BCUT2D eigenvalue weighted by atomic mass is 19.1. The normalized spacial score (nSPS) is 17.1. The minimum absolute atomic E-state index is 0.210. The summed E-state index contributed by atoms with van der Waals surface area (Å²) in [6.45, 7) is 2.61. The van der Waals surface area contributed by atoms with Crippen LogP contribution < -0.4 is 15.0 Å². The highest BCUT2D eigenvalue weighted by Gasteiger charge is 2.33. The molecule has 0 radical (unpaired) electrons. The summed E-state index contributed by atoms with van der Waals surface area (Å²) in [6, 6.07) is 9.88. The van der Waals surface area contributed by atoms with E-state index in [0.717, 1.165) is 16.7 Å². The predicted octanol–water partition coefficient (Wildman–Crippen LogP) is 3.37. The first-order valence-electron chi connectivity index (χ1n) is 8.10. The van der Waals surface area contributed by atoms with Gasteiger partial charge in [-0.15, -0.1) is 0 Å². The van der Waals surface area contributed by atoms with E-state index in [1.165, 1.54) is 6.07 Å². The lowest BCUT2D eigenvalue weighted by Crippen LogP contribution is -2.29. The van der Waals surface area contributed by atoms with Crippen molar-refractivity contribution in [3.05, 3.63) is 54.1 Å². The molecule has 0 aliphatic carbocycles. The lowest BCUT2D eigenvalue weighted by atomic mass is 10.1. The monoisotopic (exact) mass is 340 g/mol. The molecule has 1 aromatic heterocycles. The maximum Gasteiger partial charge on any atom is 0.322 e. The summed E-state index contributed by atoms with van der Waals surface area (Å²) in [5, 5.41) is 2.83. The Morgan fingerprint density at radius 3 is 3.00 bits per heavy atom. The van der Waals surface area contributed by atoms with Crippen molar-refractivity contribution in [3.63, 3.8) is 0 Å². The van der Waals surface area contributed by atoms with Crippen molar-refractivity contribution in [2.75, 3.05) is 18.1 Å². The molecule has 3 aromatic rings. The van der Waals surface area contributed by atoms with Gasteiger partial charge in [0.25, 0.3) is 0 Å². The Morgan fingerprint density at radius 1 is 1.32 bits per heavy atom. The fraction of sp³-hybridized carbons (Fsp3) is 0.222. The smallest absolute Gasteiger partial charge is 0.322 e. The van der Waals surface area contributed by atoms with E-state index in [2.05, 4.69) is 15.3 Å². The van der Waals surface area contributed by atoms with Crippen molar-refractivity contribution in [1.29, 1.82) is 0 Å². The van der Waals surface area contributed by atoms with E-state index in [1.807, 2.05) is 18.2 Å². The number of nitrogens with zero attached hydrogens (tertiary/aromatic N) is 2. The molecule has 0 spiro atoms. The number of rotatable bonds is 4. The number of hydrogen-bond donors (Lipinski definition) is 2. The van der Waals surface area contributed by atoms with E-state index in [1.54, 1.807) is 30.3 Å². The Morgan fingerprint density at radius 2 is 2.20 bits per heavy atom. The number of carbonyl (C=O) groups excluding carboxylic acids is 1. The van der Waals surface area contributed by atoms with Gasteiger partial charge in [-0.25, -0.2) is 14.2 Å². The average Bonchev–Trinajstić information content (AvgIpc) is 3.22. The van der Waals surface area contributed by atoms with E-state index in [0.29, 0.717) is 18.7 Å². The fourth-order valence-electron chi connectivity index (χ4n) is 3.14. The second kappa shape index (κ2) is 6.08. The van der Waals surface area contributed by atoms with Gasteiger partial charge in [0, 0.05) is 12.2 Å². The van der Waals surface area contributed by atoms with Gasteiger partial charge in [0.05, 0.1) is 30.0 Å². The van der Waals surface area contributed by atoms with Gasteiger partial charge in [-0.05, 0) is 42.8 Å². The van der Waals surface area contributed by atoms with Crippen molar-refractivity contribution in [2.24, 2.45) is 0 Å². The van der Waals surface area contributed by atoms with Gasteiger partial charge in [-0.2, -0.15) is 0 Å². The number of aromatic amines is 1. The molecular weight excluding hydrogens is 323 g/mol. The van der Waals surface area contributed by atoms with Crippen LogP contribution in [-0.2, 0) is 0 Å². The molecule has 1 atom stereocenters.